The van der Waals surface area contributed by atoms with E-state index in [9.17, 15) is 19.2 Å². The van der Waals surface area contributed by atoms with Crippen LogP contribution in [0.15, 0.2) is 172 Å². The van der Waals surface area contributed by atoms with E-state index in [0.29, 0.717) is 124 Å². The smallest absolute Gasteiger partial charge is 0.248 e. The maximum atomic E-state index is 11.6. The highest BCUT2D eigenvalue weighted by Gasteiger charge is 2.26. The third-order valence-electron chi connectivity index (χ3n) is 24.4. The number of ether oxygens (including phenoxy) is 8. The van der Waals surface area contributed by atoms with E-state index >= 15 is 0 Å². The van der Waals surface area contributed by atoms with Gasteiger partial charge in [-0.05, 0) is 241 Å². The van der Waals surface area contributed by atoms with Crippen molar-refractivity contribution in [1.82, 2.24) is 89.7 Å². The van der Waals surface area contributed by atoms with Crippen molar-refractivity contribution in [2.75, 3.05) is 71.5 Å². The summed E-state index contributed by atoms with van der Waals surface area (Å²) in [6.07, 6.45) is 13.5. The van der Waals surface area contributed by atoms with E-state index in [1.165, 1.54) is 31.6 Å². The fraction of sp³-hybridized carbons (Fsp3) is 0.276. The Morgan fingerprint density at radius 2 is 0.648 bits per heavy atom. The van der Waals surface area contributed by atoms with Crippen molar-refractivity contribution in [2.45, 2.75) is 154 Å². The number of aryl methyl sites for hydroxylation is 10. The Morgan fingerprint density at radius 1 is 0.352 bits per heavy atom. The van der Waals surface area contributed by atoms with Crippen LogP contribution in [0, 0.1) is 69.2 Å². The Hall–Kier alpha value is -17.6. The summed E-state index contributed by atoms with van der Waals surface area (Å²) in [5, 5.41) is 25.6. The Bertz CT molecular complexity index is 7700. The number of benzene rings is 6. The molecule has 750 valence electrons. The number of aromatic amines is 6. The van der Waals surface area contributed by atoms with Crippen LogP contribution < -0.4 is 83.3 Å². The van der Waals surface area contributed by atoms with Gasteiger partial charge in [0.05, 0.1) is 118 Å². The molecule has 40 heteroatoms. The zero-order chi connectivity index (χ0) is 103. The molecule has 0 bridgehead atoms. The number of H-pyrrole nitrogens is 6. The van der Waals surface area contributed by atoms with Gasteiger partial charge in [-0.25, -0.2) is 59.8 Å². The number of amides is 4. The average Bonchev–Trinajstić information content (AvgIpc) is 1.67. The number of fused-ring (bicyclic) bond motifs is 6. The molecule has 20 rings (SSSR count). The van der Waals surface area contributed by atoms with E-state index < -0.39 is 23.6 Å². The number of carbonyl (C=O) groups is 4. The summed E-state index contributed by atoms with van der Waals surface area (Å²) in [6, 6.07) is 37.9. The van der Waals surface area contributed by atoms with E-state index in [1.54, 1.807) is 79.1 Å². The van der Waals surface area contributed by atoms with E-state index in [0.717, 1.165) is 183 Å². The number of aromatic nitrogens is 18. The number of nitrogens with two attached hydrogens (primary N) is 4. The summed E-state index contributed by atoms with van der Waals surface area (Å²) in [4.78, 5) is 117. The lowest BCUT2D eigenvalue weighted by atomic mass is 10.1. The predicted molar refractivity (Wildman–Crippen MR) is 561 cm³/mol. The topological polar surface area (TPSA) is 568 Å². The fourth-order valence-corrected chi connectivity index (χ4v) is 16.0. The van der Waals surface area contributed by atoms with E-state index in [1.807, 2.05) is 165 Å². The average molecular weight is 1960 g/mol. The Morgan fingerprint density at radius 3 is 1.00 bits per heavy atom. The summed E-state index contributed by atoms with van der Waals surface area (Å²) in [7, 11) is 0. The summed E-state index contributed by atoms with van der Waals surface area (Å²) in [5.74, 6) is 6.06. The molecule has 3 unspecified atom stereocenters. The number of carbonyl (C=O) groups excluding carboxylic acids is 4. The van der Waals surface area contributed by atoms with Gasteiger partial charge in [0, 0.05) is 69.8 Å². The number of para-hydroxylation sites is 4. The maximum absolute atomic E-state index is 11.6. The minimum Gasteiger partial charge on any atom is -0.492 e. The minimum absolute atomic E-state index is 0.000309. The molecule has 145 heavy (non-hydrogen) atoms. The molecule has 18 aromatic rings. The first kappa shape index (κ1) is 102. The summed E-state index contributed by atoms with van der Waals surface area (Å²) >= 11 is 0. The molecule has 12 aromatic heterocycles. The fourth-order valence-electron chi connectivity index (χ4n) is 16.0. The van der Waals surface area contributed by atoms with Gasteiger partial charge in [0.15, 0.2) is 0 Å². The summed E-state index contributed by atoms with van der Waals surface area (Å²) in [5.41, 5.74) is 43.2. The van der Waals surface area contributed by atoms with Crippen LogP contribution in [0.4, 0.5) is 69.0 Å². The highest BCUT2D eigenvalue weighted by atomic mass is 16.6. The first-order valence-corrected chi connectivity index (χ1v) is 47.3. The molecule has 14 heterocycles. The van der Waals surface area contributed by atoms with Gasteiger partial charge >= 0.3 is 0 Å². The largest absolute Gasteiger partial charge is 0.492 e. The Labute approximate surface area is 834 Å². The van der Waals surface area contributed by atoms with Crippen molar-refractivity contribution in [2.24, 2.45) is 22.9 Å². The second-order valence-corrected chi connectivity index (χ2v) is 34.7. The molecule has 0 radical (unpaired) electrons. The van der Waals surface area contributed by atoms with Crippen molar-refractivity contribution < 1.29 is 57.1 Å². The highest BCUT2D eigenvalue weighted by Crippen LogP contribution is 2.41. The molecule has 0 spiro atoms. The second kappa shape index (κ2) is 46.2. The molecule has 2 saturated heterocycles. The molecule has 6 aromatic carbocycles. The zero-order valence-corrected chi connectivity index (χ0v) is 83.4. The third-order valence-corrected chi connectivity index (χ3v) is 24.4. The lowest BCUT2D eigenvalue weighted by molar-refractivity contribution is 0.0991. The predicted octanol–water partition coefficient (Wildman–Crippen LogP) is 18.8. The molecule has 2 fully saturated rings. The van der Waals surface area contributed by atoms with Gasteiger partial charge in [-0.3, -0.25) is 19.2 Å². The van der Waals surface area contributed by atoms with Crippen molar-refractivity contribution in [3.63, 3.8) is 0 Å². The molecule has 4 amide bonds. The van der Waals surface area contributed by atoms with Crippen LogP contribution in [0.3, 0.4) is 0 Å². The van der Waals surface area contributed by atoms with Gasteiger partial charge in [0.2, 0.25) is 23.6 Å². The van der Waals surface area contributed by atoms with E-state index in [4.69, 9.17) is 60.8 Å². The van der Waals surface area contributed by atoms with Crippen LogP contribution in [-0.2, 0) is 9.47 Å². The molecular weight excluding hydrogens is 1850 g/mol. The summed E-state index contributed by atoms with van der Waals surface area (Å²) in [6.45, 7) is 35.6. The zero-order valence-electron chi connectivity index (χ0n) is 83.4. The van der Waals surface area contributed by atoms with Gasteiger partial charge in [-0.15, -0.1) is 0 Å². The van der Waals surface area contributed by atoms with Gasteiger partial charge in [-0.2, -0.15) is 0 Å². The van der Waals surface area contributed by atoms with Crippen LogP contribution in [0.1, 0.15) is 159 Å². The number of nitrogens with zero attached hydrogens (tertiary/aromatic N) is 12. The number of rotatable bonds is 29. The Balaban J connectivity index is 0.000000131. The quantitative estimate of drug-likeness (QED) is 0.0207. The van der Waals surface area contributed by atoms with E-state index in [-0.39, 0.29) is 24.4 Å². The Kier molecular flexibility index (Phi) is 32.5. The number of anilines is 12. The van der Waals surface area contributed by atoms with Crippen molar-refractivity contribution in [3.05, 3.63) is 250 Å². The SMILES string of the molecule is CCC(C)Oc1cc(C(N)=O)ccc1Nc1ncnc2[nH]c(C)c(C)c12.CCOc1cc(C(N)=O)ccc1Nc1ncnc2[nH]c(C)c(C)c12.CCOc1ccccc1Nc1ncnc2[nH]ccc12.Cc1[nH]c2ncnc(Nc3ccc(C(N)=O)cc3OC(C)C)c2c1C.Cc1[nH]c2ncnc(Nc3ccc(C(N)=O)cc3OC3CCOC3)c2c1C.Cc1[nH]c2ncnc(Nc3ccccc3OC3CCOC3)c2c1C. The molecular formula is C105H118N28O12. The monoisotopic (exact) mass is 1960 g/mol. The van der Waals surface area contributed by atoms with Crippen LogP contribution in [0.25, 0.3) is 66.2 Å². The van der Waals surface area contributed by atoms with Crippen molar-refractivity contribution >= 4 is 159 Å². The lowest BCUT2D eigenvalue weighted by Gasteiger charge is -2.18. The van der Waals surface area contributed by atoms with Crippen LogP contribution in [0.2, 0.25) is 0 Å². The number of hydrogen-bond acceptors (Lipinski definition) is 30. The third kappa shape index (κ3) is 24.2. The van der Waals surface area contributed by atoms with Gasteiger partial charge in [-0.1, -0.05) is 31.2 Å². The van der Waals surface area contributed by atoms with Gasteiger partial charge in [0.25, 0.3) is 0 Å². The van der Waals surface area contributed by atoms with E-state index in [2.05, 4.69) is 129 Å². The molecule has 40 nitrogen and oxygen atoms in total. The molecule has 20 N–H and O–H groups in total. The van der Waals surface area contributed by atoms with Crippen LogP contribution in [-0.4, -0.2) is 177 Å². The standard InChI is InChI=1S/C19H21N5O3.C19H23N5O2.C18H21N5O2.C18H20N4O2.C17H19N5O2.C14H14N4O/c1-10-11(2)23-18-16(10)19(22-9-21-18)24-14-4-3-12(17(20)25)7-15(14)27-13-5-6-26-8-13;1-5-10(2)26-15-8-13(17(20)25)6-7-14(15)24-19-16-11(3)12(4)23-18(16)21-9-22-19;1-9(2)25-14-7-12(16(19)24)5-6-13(14)23-18-15-10(3)11(4)22-17(15)20-8-21-18;1-11-12(2)21-17-16(11)18(20-10-19-17)22-14-5-3-4-6-15(14)24-13-7-8-23-9-13;1-4-24-13-7-11(15(18)23)5-6-12(13)22-17-14-9(2)10(3)21-16(14)19-8-20-17;1-2-19-12-6-4-3-5-11(12)18-14-10-7-8-15-13(10)16-9-17-14/h3-4,7,9,13H,5-6,8H2,1-2H3,(H2,20,25)(H2,21,22,23,24);6-10H,5H2,1-4H3,(H2,20,25)(H2,21,22,23,24);5-9H,1-4H3,(H2,19,24)(H2,20,21,22,23);3-6,10,13H,7-9H2,1-2H3,(H2,19,20,21,22);5-8H,4H2,1-3H3,(H2,18,23)(H2,19,20,21,22);3-9H,2H2,1H3,(H2,15,16,17,18). The molecule has 0 aliphatic carbocycles. The molecule has 2 aliphatic heterocycles. The maximum Gasteiger partial charge on any atom is 0.248 e. The lowest BCUT2D eigenvalue weighted by Crippen LogP contribution is -2.18. The molecule has 2 aliphatic rings. The molecule has 0 saturated carbocycles. The first-order chi connectivity index (χ1) is 69.9. The number of primary amides is 4. The van der Waals surface area contributed by atoms with Crippen LogP contribution in [0.5, 0.6) is 34.5 Å². The van der Waals surface area contributed by atoms with Gasteiger partial charge in [0.1, 0.15) is 153 Å². The minimum atomic E-state index is -0.504. The van der Waals surface area contributed by atoms with Crippen LogP contribution >= 0.6 is 0 Å². The van der Waals surface area contributed by atoms with Crippen molar-refractivity contribution in [3.8, 4) is 34.5 Å². The first-order valence-electron chi connectivity index (χ1n) is 47.3. The van der Waals surface area contributed by atoms with Gasteiger partial charge < -0.3 is 123 Å². The number of nitrogens with one attached hydrogen (secondary N) is 12. The second-order valence-electron chi connectivity index (χ2n) is 34.7. The normalized spacial score (nSPS) is 13.2. The summed E-state index contributed by atoms with van der Waals surface area (Å²) < 4.78 is 46.0. The van der Waals surface area contributed by atoms with Crippen molar-refractivity contribution in [1.29, 1.82) is 0 Å². The highest BCUT2D eigenvalue weighted by molar-refractivity contribution is 6.01. The number of hydrogen-bond donors (Lipinski definition) is 16. The molecule has 3 atom stereocenters.